The smallest absolute Gasteiger partial charge is 0.410 e. The van der Waals surface area contributed by atoms with Crippen LogP contribution in [-0.4, -0.2) is 42.4 Å². The second-order valence-corrected chi connectivity index (χ2v) is 15.8. The van der Waals surface area contributed by atoms with E-state index in [1.54, 1.807) is 0 Å². The Labute approximate surface area is 309 Å². The summed E-state index contributed by atoms with van der Waals surface area (Å²) < 4.78 is 19.8. The van der Waals surface area contributed by atoms with Gasteiger partial charge < -0.3 is 19.1 Å². The third-order valence-corrected chi connectivity index (χ3v) is 11.1. The van der Waals surface area contributed by atoms with E-state index in [-0.39, 0.29) is 12.2 Å². The molecule has 0 unspecified atom stereocenters. The van der Waals surface area contributed by atoms with Crippen molar-refractivity contribution in [3.8, 4) is 0 Å². The molecule has 1 amide bonds. The molecule has 1 saturated heterocycles. The molecule has 270 valence electrons. The van der Waals surface area contributed by atoms with Gasteiger partial charge in [0.25, 0.3) is 0 Å². The Morgan fingerprint density at radius 3 is 1.81 bits per heavy atom. The molecule has 1 aliphatic carbocycles. The number of amides is 1. The number of likely N-dealkylation sites (tertiary alicyclic amines) is 1. The molecule has 0 aromatic heterocycles. The molecular weight excluding hydrogens is 643 g/mol. The van der Waals surface area contributed by atoms with Gasteiger partial charge in [-0.05, 0) is 110 Å². The van der Waals surface area contributed by atoms with Crippen molar-refractivity contribution in [2.75, 3.05) is 19.7 Å². The van der Waals surface area contributed by atoms with Crippen LogP contribution in [0.3, 0.4) is 0 Å². The molecule has 52 heavy (non-hydrogen) atoms. The first-order valence-electron chi connectivity index (χ1n) is 19.2. The molecule has 0 spiro atoms. The largest absolute Gasteiger partial charge is 0.444 e. The van der Waals surface area contributed by atoms with Crippen molar-refractivity contribution in [1.29, 1.82) is 0 Å². The Morgan fingerprint density at radius 1 is 0.673 bits per heavy atom. The molecule has 2 aliphatic rings. The Morgan fingerprint density at radius 2 is 1.23 bits per heavy atom. The molecular formula is C47H53NO4. The van der Waals surface area contributed by atoms with E-state index < -0.39 is 11.2 Å². The minimum Gasteiger partial charge on any atom is -0.444 e. The van der Waals surface area contributed by atoms with Crippen molar-refractivity contribution in [3.05, 3.63) is 156 Å². The van der Waals surface area contributed by atoms with Crippen molar-refractivity contribution < 1.29 is 19.0 Å². The predicted molar refractivity (Wildman–Crippen MR) is 209 cm³/mol. The van der Waals surface area contributed by atoms with Crippen LogP contribution in [0.25, 0.3) is 10.8 Å². The lowest BCUT2D eigenvalue weighted by molar-refractivity contribution is -0.0762. The quantitative estimate of drug-likeness (QED) is 0.136. The van der Waals surface area contributed by atoms with Crippen LogP contribution >= 0.6 is 0 Å². The lowest BCUT2D eigenvalue weighted by Crippen LogP contribution is -2.51. The molecule has 5 aromatic carbocycles. The number of hydrogen-bond donors (Lipinski definition) is 0. The molecule has 5 nitrogen and oxygen atoms in total. The Bertz CT molecular complexity index is 1780. The Balaban J connectivity index is 1.05. The molecule has 1 aliphatic heterocycles. The molecule has 7 rings (SSSR count). The van der Waals surface area contributed by atoms with Gasteiger partial charge in [-0.1, -0.05) is 127 Å². The second-order valence-electron chi connectivity index (χ2n) is 15.8. The summed E-state index contributed by atoms with van der Waals surface area (Å²) in [7, 11) is 0. The third kappa shape index (κ3) is 8.27. The third-order valence-electron chi connectivity index (χ3n) is 11.1. The van der Waals surface area contributed by atoms with E-state index in [4.69, 9.17) is 14.2 Å². The van der Waals surface area contributed by atoms with Gasteiger partial charge in [0.15, 0.2) is 0 Å². The van der Waals surface area contributed by atoms with Crippen molar-refractivity contribution in [1.82, 2.24) is 4.90 Å². The molecule has 5 heteroatoms. The zero-order chi connectivity index (χ0) is 36.0. The summed E-state index contributed by atoms with van der Waals surface area (Å²) in [6, 6.07) is 47.0. The highest BCUT2D eigenvalue weighted by Gasteiger charge is 2.41. The lowest BCUT2D eigenvalue weighted by atomic mass is 9.71. The number of benzene rings is 5. The number of fused-ring (bicyclic) bond motifs is 1. The average Bonchev–Trinajstić information content (AvgIpc) is 3.18. The highest BCUT2D eigenvalue weighted by Crippen LogP contribution is 2.44. The van der Waals surface area contributed by atoms with Gasteiger partial charge in [-0.15, -0.1) is 0 Å². The minimum atomic E-state index is -0.698. The maximum absolute atomic E-state index is 13.2. The number of nitrogens with zero attached hydrogens (tertiary/aromatic N) is 1. The van der Waals surface area contributed by atoms with E-state index >= 15 is 0 Å². The van der Waals surface area contributed by atoms with Crippen molar-refractivity contribution >= 4 is 16.9 Å². The first kappa shape index (κ1) is 35.9. The maximum Gasteiger partial charge on any atom is 0.410 e. The summed E-state index contributed by atoms with van der Waals surface area (Å²) >= 11 is 0. The monoisotopic (exact) mass is 695 g/mol. The minimum absolute atomic E-state index is 0.0487. The normalized spacial score (nSPS) is 21.2. The fraction of sp³-hybridized carbons (Fsp3) is 0.383. The zero-order valence-electron chi connectivity index (χ0n) is 31.0. The highest BCUT2D eigenvalue weighted by atomic mass is 16.6. The number of ether oxygens (including phenoxy) is 3. The summed E-state index contributed by atoms with van der Waals surface area (Å²) in [6.45, 7) is 8.25. The lowest BCUT2D eigenvalue weighted by Gasteiger charge is -2.44. The first-order chi connectivity index (χ1) is 25.3. The van der Waals surface area contributed by atoms with Crippen LogP contribution in [0.2, 0.25) is 0 Å². The first-order valence-corrected chi connectivity index (χ1v) is 19.2. The number of piperidine rings is 1. The summed E-state index contributed by atoms with van der Waals surface area (Å²) in [6.07, 6.45) is 5.13. The van der Waals surface area contributed by atoms with Gasteiger partial charge in [-0.25, -0.2) is 4.79 Å². The topological polar surface area (TPSA) is 48.0 Å². The van der Waals surface area contributed by atoms with Crippen LogP contribution in [0, 0.1) is 17.8 Å². The fourth-order valence-corrected chi connectivity index (χ4v) is 8.47. The molecule has 0 N–H and O–H groups in total. The van der Waals surface area contributed by atoms with E-state index in [1.807, 2.05) is 25.7 Å². The van der Waals surface area contributed by atoms with Crippen molar-refractivity contribution in [3.63, 3.8) is 0 Å². The van der Waals surface area contributed by atoms with Gasteiger partial charge in [0.2, 0.25) is 0 Å². The van der Waals surface area contributed by atoms with Gasteiger partial charge in [0, 0.05) is 6.54 Å². The molecule has 2 atom stereocenters. The van der Waals surface area contributed by atoms with Crippen LogP contribution in [0.15, 0.2) is 133 Å². The summed E-state index contributed by atoms with van der Waals surface area (Å²) in [5.74, 6) is 1.39. The van der Waals surface area contributed by atoms with Gasteiger partial charge in [0.05, 0.1) is 25.9 Å². The van der Waals surface area contributed by atoms with Crippen molar-refractivity contribution in [2.45, 2.75) is 76.8 Å². The van der Waals surface area contributed by atoms with Gasteiger partial charge in [-0.2, -0.15) is 0 Å². The standard InChI is InChI=1S/C47H53NO4/c1-46(2,3)52-45(49)48-30-29-43(44(32-48)50-33-36-25-26-37-15-13-14-16-39(37)31-36)38-27-23-35(24-28-38)34-51-47(40-17-7-4-8-18-40,41-19-9-5-10-20-41)42-21-11-6-12-22-42/h4-22,25-26,31,35,38,43-44H,23-24,27-30,32-34H2,1-3H3/t35?,38?,43-,44+/m0/s1. The van der Waals surface area contributed by atoms with E-state index in [2.05, 4.69) is 133 Å². The second kappa shape index (κ2) is 16.1. The molecule has 5 aromatic rings. The number of rotatable bonds is 10. The number of carbonyl (C=O) groups is 1. The zero-order valence-corrected chi connectivity index (χ0v) is 31.0. The average molecular weight is 696 g/mol. The molecule has 0 radical (unpaired) electrons. The molecule has 0 bridgehead atoms. The number of carbonyl (C=O) groups excluding carboxylic acids is 1. The molecule has 2 fully saturated rings. The summed E-state index contributed by atoms with van der Waals surface area (Å²) in [4.78, 5) is 15.1. The summed E-state index contributed by atoms with van der Waals surface area (Å²) in [5.41, 5.74) is 3.36. The summed E-state index contributed by atoms with van der Waals surface area (Å²) in [5, 5.41) is 2.45. The Hall–Kier alpha value is -4.45. The van der Waals surface area contributed by atoms with Crippen LogP contribution in [0.1, 0.15) is 75.1 Å². The van der Waals surface area contributed by atoms with E-state index in [1.165, 1.54) is 10.8 Å². The van der Waals surface area contributed by atoms with E-state index in [0.717, 1.165) is 54.4 Å². The van der Waals surface area contributed by atoms with Gasteiger partial charge >= 0.3 is 6.09 Å². The van der Waals surface area contributed by atoms with E-state index in [9.17, 15) is 4.79 Å². The number of hydrogen-bond acceptors (Lipinski definition) is 4. The van der Waals surface area contributed by atoms with Gasteiger partial charge in [0.1, 0.15) is 11.2 Å². The van der Waals surface area contributed by atoms with Crippen LogP contribution < -0.4 is 0 Å². The predicted octanol–water partition coefficient (Wildman–Crippen LogP) is 10.8. The van der Waals surface area contributed by atoms with Crippen LogP contribution in [0.5, 0.6) is 0 Å². The maximum atomic E-state index is 13.2. The Kier molecular flexibility index (Phi) is 11.1. The van der Waals surface area contributed by atoms with Crippen molar-refractivity contribution in [2.24, 2.45) is 17.8 Å². The van der Waals surface area contributed by atoms with Crippen LogP contribution in [0.4, 0.5) is 4.79 Å². The highest BCUT2D eigenvalue weighted by molar-refractivity contribution is 5.83. The van der Waals surface area contributed by atoms with Gasteiger partial charge in [-0.3, -0.25) is 0 Å². The van der Waals surface area contributed by atoms with Crippen LogP contribution in [-0.2, 0) is 26.4 Å². The molecule has 1 heterocycles. The molecule has 1 saturated carbocycles. The van der Waals surface area contributed by atoms with E-state index in [0.29, 0.717) is 44.1 Å². The SMILES string of the molecule is CC(C)(C)OC(=O)N1CC[C@@H](C2CCC(COC(c3ccccc3)(c3ccccc3)c3ccccc3)CC2)[C@H](OCc2ccc3ccccc3c2)C1. The fourth-order valence-electron chi connectivity index (χ4n) is 8.47.